The molecule has 1 saturated carbocycles. The van der Waals surface area contributed by atoms with Gasteiger partial charge in [-0.1, -0.05) is 40.5 Å². The van der Waals surface area contributed by atoms with Crippen molar-refractivity contribution in [2.75, 3.05) is 6.54 Å². The molecule has 0 spiro atoms. The largest absolute Gasteiger partial charge is 0.340 e. The normalized spacial score (nSPS) is 34.0. The summed E-state index contributed by atoms with van der Waals surface area (Å²) in [4.78, 5) is 26.9. The maximum Gasteiger partial charge on any atom is 0.249 e. The molecule has 1 aliphatic heterocycles. The minimum atomic E-state index is -0.671. The van der Waals surface area contributed by atoms with Crippen LogP contribution in [0.3, 0.4) is 0 Å². The van der Waals surface area contributed by atoms with E-state index in [1.165, 1.54) is 6.42 Å². The zero-order valence-corrected chi connectivity index (χ0v) is 13.2. The highest BCUT2D eigenvalue weighted by Crippen LogP contribution is 2.35. The second-order valence-corrected chi connectivity index (χ2v) is 6.61. The Labute approximate surface area is 122 Å². The lowest BCUT2D eigenvalue weighted by atomic mass is 9.76. The van der Waals surface area contributed by atoms with Crippen LogP contribution in [0.25, 0.3) is 0 Å². The fourth-order valence-corrected chi connectivity index (χ4v) is 3.85. The van der Waals surface area contributed by atoms with Crippen LogP contribution in [0.5, 0.6) is 0 Å². The Morgan fingerprint density at radius 2 is 1.85 bits per heavy atom. The van der Waals surface area contributed by atoms with E-state index >= 15 is 0 Å². The number of nitrogens with one attached hydrogen (secondary N) is 1. The molecule has 1 N–H and O–H groups in total. The predicted octanol–water partition coefficient (Wildman–Crippen LogP) is 2.33. The van der Waals surface area contributed by atoms with E-state index in [4.69, 9.17) is 0 Å². The smallest absolute Gasteiger partial charge is 0.249 e. The second-order valence-electron chi connectivity index (χ2n) is 6.61. The summed E-state index contributed by atoms with van der Waals surface area (Å²) in [7, 11) is 0. The Kier molecular flexibility index (Phi) is 4.40. The molecule has 1 aliphatic carbocycles. The molecule has 0 radical (unpaired) electrons. The maximum absolute atomic E-state index is 12.9. The van der Waals surface area contributed by atoms with Gasteiger partial charge in [0.1, 0.15) is 5.54 Å². The fraction of sp³-hybridized carbons (Fsp3) is 0.875. The van der Waals surface area contributed by atoms with Crippen molar-refractivity contribution >= 4 is 11.8 Å². The number of carbonyl (C=O) groups excluding carboxylic acids is 2. The first-order valence-electron chi connectivity index (χ1n) is 8.07. The van der Waals surface area contributed by atoms with Crippen LogP contribution in [0.4, 0.5) is 0 Å². The van der Waals surface area contributed by atoms with Crippen molar-refractivity contribution < 1.29 is 9.59 Å². The molecule has 4 nitrogen and oxygen atoms in total. The van der Waals surface area contributed by atoms with Gasteiger partial charge >= 0.3 is 0 Å². The van der Waals surface area contributed by atoms with Gasteiger partial charge in [-0.15, -0.1) is 0 Å². The van der Waals surface area contributed by atoms with Crippen LogP contribution < -0.4 is 5.32 Å². The average Bonchev–Trinajstić information content (AvgIpc) is 2.44. The third-order valence-electron chi connectivity index (χ3n) is 5.63. The van der Waals surface area contributed by atoms with Crippen molar-refractivity contribution in [3.8, 4) is 0 Å². The summed E-state index contributed by atoms with van der Waals surface area (Å²) >= 11 is 0. The molecular formula is C16H28N2O2. The highest BCUT2D eigenvalue weighted by molar-refractivity contribution is 5.98. The van der Waals surface area contributed by atoms with Crippen molar-refractivity contribution in [3.63, 3.8) is 0 Å². The number of carbonyl (C=O) groups is 2. The van der Waals surface area contributed by atoms with E-state index in [-0.39, 0.29) is 24.4 Å². The summed E-state index contributed by atoms with van der Waals surface area (Å²) in [6.45, 7) is 8.70. The molecule has 2 fully saturated rings. The molecule has 2 rings (SSSR count). The van der Waals surface area contributed by atoms with Crippen LogP contribution in [0.1, 0.15) is 59.8 Å². The van der Waals surface area contributed by atoms with Crippen LogP contribution in [0.15, 0.2) is 0 Å². The molecular weight excluding hydrogens is 252 g/mol. The summed E-state index contributed by atoms with van der Waals surface area (Å²) in [5.41, 5.74) is -0.671. The zero-order valence-electron chi connectivity index (χ0n) is 13.2. The number of hydrogen-bond donors (Lipinski definition) is 1. The molecule has 1 saturated heterocycles. The topological polar surface area (TPSA) is 49.4 Å². The number of piperazine rings is 1. The van der Waals surface area contributed by atoms with E-state index in [1.807, 2.05) is 18.7 Å². The monoisotopic (exact) mass is 280 g/mol. The van der Waals surface area contributed by atoms with Gasteiger partial charge in [-0.2, -0.15) is 0 Å². The lowest BCUT2D eigenvalue weighted by molar-refractivity contribution is -0.155. The van der Waals surface area contributed by atoms with E-state index in [2.05, 4.69) is 19.2 Å². The van der Waals surface area contributed by atoms with Crippen LogP contribution >= 0.6 is 0 Å². The first kappa shape index (κ1) is 15.3. The van der Waals surface area contributed by atoms with Crippen molar-refractivity contribution in [2.45, 2.75) is 71.4 Å². The van der Waals surface area contributed by atoms with Gasteiger partial charge in [-0.3, -0.25) is 9.59 Å². The predicted molar refractivity (Wildman–Crippen MR) is 79.1 cm³/mol. The van der Waals surface area contributed by atoms with Gasteiger partial charge in [0.15, 0.2) is 0 Å². The van der Waals surface area contributed by atoms with E-state index < -0.39 is 5.54 Å². The minimum Gasteiger partial charge on any atom is -0.340 e. The molecule has 4 heteroatoms. The van der Waals surface area contributed by atoms with Gasteiger partial charge in [-0.05, 0) is 31.1 Å². The molecule has 0 bridgehead atoms. The third kappa shape index (κ3) is 2.45. The molecule has 114 valence electrons. The van der Waals surface area contributed by atoms with Crippen molar-refractivity contribution in [2.24, 2.45) is 11.8 Å². The van der Waals surface area contributed by atoms with Crippen molar-refractivity contribution in [1.82, 2.24) is 10.2 Å². The van der Waals surface area contributed by atoms with Crippen LogP contribution in [-0.2, 0) is 9.59 Å². The molecule has 2 aliphatic rings. The number of hydrogen-bond acceptors (Lipinski definition) is 2. The fourth-order valence-electron chi connectivity index (χ4n) is 3.85. The molecule has 0 aromatic heterocycles. The molecule has 2 amide bonds. The first-order valence-corrected chi connectivity index (χ1v) is 8.07. The van der Waals surface area contributed by atoms with Gasteiger partial charge in [0.2, 0.25) is 11.8 Å². The number of rotatable bonds is 3. The van der Waals surface area contributed by atoms with E-state index in [9.17, 15) is 9.59 Å². The molecule has 20 heavy (non-hydrogen) atoms. The Morgan fingerprint density at radius 1 is 1.20 bits per heavy atom. The van der Waals surface area contributed by atoms with Gasteiger partial charge in [0, 0.05) is 6.04 Å². The summed E-state index contributed by atoms with van der Waals surface area (Å²) in [5.74, 6) is 1.24. The molecule has 0 aromatic rings. The van der Waals surface area contributed by atoms with Crippen LogP contribution in [0, 0.1) is 11.8 Å². The van der Waals surface area contributed by atoms with Gasteiger partial charge in [0.05, 0.1) is 6.54 Å². The summed E-state index contributed by atoms with van der Waals surface area (Å²) in [5, 5.41) is 2.94. The summed E-state index contributed by atoms with van der Waals surface area (Å²) < 4.78 is 0. The molecule has 3 atom stereocenters. The number of amides is 2. The second kappa shape index (κ2) is 5.74. The zero-order chi connectivity index (χ0) is 14.9. The Morgan fingerprint density at radius 3 is 2.45 bits per heavy atom. The highest BCUT2D eigenvalue weighted by atomic mass is 16.2. The Hall–Kier alpha value is -1.06. The van der Waals surface area contributed by atoms with Gasteiger partial charge in [0.25, 0.3) is 0 Å². The standard InChI is InChI=1S/C16H28N2O2/c1-5-16(6-2)15(20)18(10-14(19)17-16)13-9-7-8-11(3)12(13)4/h11-13H,5-10H2,1-4H3,(H,17,19). The summed E-state index contributed by atoms with van der Waals surface area (Å²) in [6.07, 6.45) is 4.77. The third-order valence-corrected chi connectivity index (χ3v) is 5.63. The SMILES string of the molecule is CCC1(CC)NC(=O)CN(C2CCCC(C)C2C)C1=O. The van der Waals surface area contributed by atoms with Crippen molar-refractivity contribution in [3.05, 3.63) is 0 Å². The maximum atomic E-state index is 12.9. The van der Waals surface area contributed by atoms with Gasteiger partial charge in [-0.25, -0.2) is 0 Å². The molecule has 1 heterocycles. The quantitative estimate of drug-likeness (QED) is 0.862. The average molecular weight is 280 g/mol. The lowest BCUT2D eigenvalue weighted by Crippen LogP contribution is -2.69. The van der Waals surface area contributed by atoms with Gasteiger partial charge < -0.3 is 10.2 Å². The van der Waals surface area contributed by atoms with Crippen molar-refractivity contribution in [1.29, 1.82) is 0 Å². The van der Waals surface area contributed by atoms with E-state index in [0.717, 1.165) is 12.8 Å². The molecule has 0 aromatic carbocycles. The van der Waals surface area contributed by atoms with E-state index in [1.54, 1.807) is 0 Å². The minimum absolute atomic E-state index is 0.00118. The Balaban J connectivity index is 2.26. The molecule has 3 unspecified atom stereocenters. The number of nitrogens with zero attached hydrogens (tertiary/aromatic N) is 1. The Bertz CT molecular complexity index is 390. The van der Waals surface area contributed by atoms with Crippen LogP contribution in [-0.4, -0.2) is 34.8 Å². The highest BCUT2D eigenvalue weighted by Gasteiger charge is 2.47. The first-order chi connectivity index (χ1) is 9.45. The van der Waals surface area contributed by atoms with E-state index in [0.29, 0.717) is 24.7 Å². The summed E-state index contributed by atoms with van der Waals surface area (Å²) in [6, 6.07) is 0.231. The lowest BCUT2D eigenvalue weighted by Gasteiger charge is -2.48. The van der Waals surface area contributed by atoms with Crippen LogP contribution in [0.2, 0.25) is 0 Å².